The van der Waals surface area contributed by atoms with Gasteiger partial charge in [0.1, 0.15) is 5.82 Å². The number of nitrogen functional groups attached to an aromatic ring is 1. The van der Waals surface area contributed by atoms with Gasteiger partial charge < -0.3 is 11.1 Å². The molecule has 3 N–H and O–H groups in total. The number of rotatable bonds is 3. The molecule has 0 saturated carbocycles. The average molecular weight is 272 g/mol. The zero-order valence-corrected chi connectivity index (χ0v) is 11.5. The van der Waals surface area contributed by atoms with Crippen LogP contribution in [0.1, 0.15) is 35.7 Å². The van der Waals surface area contributed by atoms with Crippen molar-refractivity contribution in [2.75, 3.05) is 11.1 Å². The first-order valence-electron chi connectivity index (χ1n) is 6.44. The monoisotopic (exact) mass is 272 g/mol. The van der Waals surface area contributed by atoms with E-state index in [0.29, 0.717) is 11.5 Å². The number of para-hydroxylation sites is 1. The maximum absolute atomic E-state index is 13.1. The van der Waals surface area contributed by atoms with Gasteiger partial charge >= 0.3 is 0 Å². The van der Waals surface area contributed by atoms with Crippen LogP contribution in [0.25, 0.3) is 0 Å². The molecular formula is C16H17FN2O. The largest absolute Gasteiger partial charge is 0.396 e. The second kappa shape index (κ2) is 5.74. The molecule has 0 unspecified atom stereocenters. The van der Waals surface area contributed by atoms with Gasteiger partial charge in [-0.25, -0.2) is 4.39 Å². The van der Waals surface area contributed by atoms with Gasteiger partial charge in [0.05, 0.1) is 5.69 Å². The molecule has 0 aliphatic carbocycles. The van der Waals surface area contributed by atoms with E-state index in [0.717, 1.165) is 11.3 Å². The number of benzene rings is 2. The third-order valence-corrected chi connectivity index (χ3v) is 3.09. The summed E-state index contributed by atoms with van der Waals surface area (Å²) in [7, 11) is 0. The molecule has 0 fully saturated rings. The van der Waals surface area contributed by atoms with Gasteiger partial charge in [-0.3, -0.25) is 4.79 Å². The fourth-order valence-electron chi connectivity index (χ4n) is 1.99. The van der Waals surface area contributed by atoms with Crippen LogP contribution in [0.5, 0.6) is 0 Å². The highest BCUT2D eigenvalue weighted by atomic mass is 19.1. The minimum Gasteiger partial charge on any atom is -0.396 e. The molecule has 20 heavy (non-hydrogen) atoms. The Kier molecular flexibility index (Phi) is 4.03. The molecule has 4 heteroatoms. The van der Waals surface area contributed by atoms with E-state index < -0.39 is 5.82 Å². The first kappa shape index (κ1) is 14.1. The van der Waals surface area contributed by atoms with Crippen LogP contribution in [0.15, 0.2) is 42.5 Å². The van der Waals surface area contributed by atoms with Gasteiger partial charge in [0, 0.05) is 11.3 Å². The van der Waals surface area contributed by atoms with E-state index in [-0.39, 0.29) is 11.6 Å². The smallest absolute Gasteiger partial charge is 0.255 e. The van der Waals surface area contributed by atoms with Crippen LogP contribution in [-0.4, -0.2) is 5.91 Å². The standard InChI is InChI=1S/C16H17FN2O/c1-10(2)12-5-3-4-6-15(12)19-16(20)11-7-8-13(17)14(18)9-11/h3-10H,18H2,1-2H3,(H,19,20). The van der Waals surface area contributed by atoms with E-state index in [9.17, 15) is 9.18 Å². The second-order valence-corrected chi connectivity index (χ2v) is 4.93. The summed E-state index contributed by atoms with van der Waals surface area (Å²) in [5.41, 5.74) is 7.59. The maximum Gasteiger partial charge on any atom is 0.255 e. The average Bonchev–Trinajstić information content (AvgIpc) is 2.42. The predicted octanol–water partition coefficient (Wildman–Crippen LogP) is 3.78. The van der Waals surface area contributed by atoms with Crippen molar-refractivity contribution in [1.82, 2.24) is 0 Å². The molecule has 0 aliphatic heterocycles. The van der Waals surface area contributed by atoms with Gasteiger partial charge in [0.25, 0.3) is 5.91 Å². The number of halogens is 1. The molecule has 3 nitrogen and oxygen atoms in total. The van der Waals surface area contributed by atoms with Crippen molar-refractivity contribution in [3.63, 3.8) is 0 Å². The minimum absolute atomic E-state index is 0.0326. The zero-order valence-electron chi connectivity index (χ0n) is 11.5. The summed E-state index contributed by atoms with van der Waals surface area (Å²) < 4.78 is 13.1. The van der Waals surface area contributed by atoms with Crippen LogP contribution < -0.4 is 11.1 Å². The molecule has 0 aliphatic rings. The summed E-state index contributed by atoms with van der Waals surface area (Å²) in [6.07, 6.45) is 0. The Balaban J connectivity index is 2.26. The van der Waals surface area contributed by atoms with E-state index in [2.05, 4.69) is 19.2 Å². The lowest BCUT2D eigenvalue weighted by molar-refractivity contribution is 0.102. The summed E-state index contributed by atoms with van der Waals surface area (Å²) in [6, 6.07) is 11.6. The van der Waals surface area contributed by atoms with E-state index in [1.165, 1.54) is 18.2 Å². The number of hydrogen-bond donors (Lipinski definition) is 2. The van der Waals surface area contributed by atoms with Gasteiger partial charge in [-0.15, -0.1) is 0 Å². The molecule has 2 rings (SSSR count). The van der Waals surface area contributed by atoms with Crippen molar-refractivity contribution < 1.29 is 9.18 Å². The van der Waals surface area contributed by atoms with E-state index in [4.69, 9.17) is 5.73 Å². The Morgan fingerprint density at radius 1 is 1.20 bits per heavy atom. The Hall–Kier alpha value is -2.36. The van der Waals surface area contributed by atoms with Crippen LogP contribution in [0, 0.1) is 5.82 Å². The fraction of sp³-hybridized carbons (Fsp3) is 0.188. The van der Waals surface area contributed by atoms with E-state index >= 15 is 0 Å². The molecule has 2 aromatic carbocycles. The lowest BCUT2D eigenvalue weighted by Crippen LogP contribution is -2.14. The van der Waals surface area contributed by atoms with Gasteiger partial charge in [-0.1, -0.05) is 32.0 Å². The molecule has 0 bridgehead atoms. The highest BCUT2D eigenvalue weighted by Crippen LogP contribution is 2.24. The van der Waals surface area contributed by atoms with Crippen molar-refractivity contribution in [3.05, 3.63) is 59.4 Å². The predicted molar refractivity (Wildman–Crippen MR) is 79.3 cm³/mol. The number of nitrogens with one attached hydrogen (secondary N) is 1. The first-order chi connectivity index (χ1) is 9.49. The maximum atomic E-state index is 13.1. The summed E-state index contributed by atoms with van der Waals surface area (Å²) >= 11 is 0. The van der Waals surface area contributed by atoms with Crippen molar-refractivity contribution >= 4 is 17.3 Å². The number of carbonyl (C=O) groups excluding carboxylic acids is 1. The number of hydrogen-bond acceptors (Lipinski definition) is 2. The lowest BCUT2D eigenvalue weighted by atomic mass is 10.0. The summed E-state index contributed by atoms with van der Waals surface area (Å²) in [4.78, 5) is 12.2. The van der Waals surface area contributed by atoms with Gasteiger partial charge in [-0.2, -0.15) is 0 Å². The van der Waals surface area contributed by atoms with Gasteiger partial charge in [0.2, 0.25) is 0 Å². The molecule has 0 spiro atoms. The molecule has 0 radical (unpaired) electrons. The van der Waals surface area contributed by atoms with Crippen molar-refractivity contribution in [2.45, 2.75) is 19.8 Å². The SMILES string of the molecule is CC(C)c1ccccc1NC(=O)c1ccc(F)c(N)c1. The van der Waals surface area contributed by atoms with Crippen LogP contribution >= 0.6 is 0 Å². The molecule has 0 saturated heterocycles. The van der Waals surface area contributed by atoms with Crippen LogP contribution in [0.3, 0.4) is 0 Å². The Bertz CT molecular complexity index is 638. The zero-order chi connectivity index (χ0) is 14.7. The number of anilines is 2. The molecule has 1 amide bonds. The van der Waals surface area contributed by atoms with Gasteiger partial charge in [0.15, 0.2) is 0 Å². The summed E-state index contributed by atoms with van der Waals surface area (Å²) in [5.74, 6) is -0.529. The Morgan fingerprint density at radius 3 is 2.55 bits per heavy atom. The van der Waals surface area contributed by atoms with E-state index in [1.54, 1.807) is 0 Å². The molecule has 0 aromatic heterocycles. The molecule has 0 heterocycles. The first-order valence-corrected chi connectivity index (χ1v) is 6.44. The van der Waals surface area contributed by atoms with Crippen molar-refractivity contribution in [3.8, 4) is 0 Å². The number of amides is 1. The minimum atomic E-state index is -0.524. The van der Waals surface area contributed by atoms with E-state index in [1.807, 2.05) is 24.3 Å². The van der Waals surface area contributed by atoms with Gasteiger partial charge in [-0.05, 0) is 35.7 Å². The summed E-state index contributed by atoms with van der Waals surface area (Å²) in [6.45, 7) is 4.11. The van der Waals surface area contributed by atoms with Crippen molar-refractivity contribution in [2.24, 2.45) is 0 Å². The van der Waals surface area contributed by atoms with Crippen LogP contribution in [0.4, 0.5) is 15.8 Å². The third-order valence-electron chi connectivity index (χ3n) is 3.09. The van der Waals surface area contributed by atoms with Crippen LogP contribution in [0.2, 0.25) is 0 Å². The highest BCUT2D eigenvalue weighted by Gasteiger charge is 2.12. The fourth-order valence-corrected chi connectivity index (χ4v) is 1.99. The normalized spacial score (nSPS) is 10.6. The lowest BCUT2D eigenvalue weighted by Gasteiger charge is -2.13. The van der Waals surface area contributed by atoms with Crippen LogP contribution in [-0.2, 0) is 0 Å². The topological polar surface area (TPSA) is 55.1 Å². The molecule has 2 aromatic rings. The third kappa shape index (κ3) is 2.96. The number of nitrogens with two attached hydrogens (primary N) is 1. The second-order valence-electron chi connectivity index (χ2n) is 4.93. The quantitative estimate of drug-likeness (QED) is 0.835. The Labute approximate surface area is 117 Å². The Morgan fingerprint density at radius 2 is 1.90 bits per heavy atom. The number of carbonyl (C=O) groups is 1. The molecule has 0 atom stereocenters. The molecular weight excluding hydrogens is 255 g/mol. The van der Waals surface area contributed by atoms with Crippen molar-refractivity contribution in [1.29, 1.82) is 0 Å². The summed E-state index contributed by atoms with van der Waals surface area (Å²) in [5, 5.41) is 2.84. The molecule has 104 valence electrons. The highest BCUT2D eigenvalue weighted by molar-refractivity contribution is 6.05.